The van der Waals surface area contributed by atoms with Gasteiger partial charge in [-0.05, 0) is 47.2 Å². The molecule has 3 heteroatoms. The number of carbonyl (C=O) groups excluding carboxylic acids is 1. The van der Waals surface area contributed by atoms with Crippen LogP contribution in [0.2, 0.25) is 0 Å². The highest BCUT2D eigenvalue weighted by Crippen LogP contribution is 2.36. The Labute approximate surface area is 98.2 Å². The fourth-order valence-corrected chi connectivity index (χ4v) is 2.74. The lowest BCUT2D eigenvalue weighted by molar-refractivity contribution is 0.0890. The molecule has 2 nitrogen and oxygen atoms in total. The number of halogens is 1. The monoisotopic (exact) mass is 270 g/mol. The van der Waals surface area contributed by atoms with Gasteiger partial charge in [-0.2, -0.15) is 0 Å². The quantitative estimate of drug-likeness (QED) is 0.776. The molecule has 0 aliphatic heterocycles. The van der Waals surface area contributed by atoms with Crippen molar-refractivity contribution in [1.82, 2.24) is 0 Å². The topological polar surface area (TPSA) is 30.2 Å². The van der Waals surface area contributed by atoms with Crippen molar-refractivity contribution >= 4 is 21.7 Å². The van der Waals surface area contributed by atoms with Gasteiger partial charge in [-0.15, -0.1) is 0 Å². The number of rotatable bonds is 3. The minimum absolute atomic E-state index is 0.169. The molecule has 0 radical (unpaired) electrons. The van der Waals surface area contributed by atoms with E-state index in [2.05, 4.69) is 22.9 Å². The normalized spacial score (nSPS) is 25.7. The van der Waals surface area contributed by atoms with E-state index in [0.717, 1.165) is 23.2 Å². The summed E-state index contributed by atoms with van der Waals surface area (Å²) in [5.74, 6) is 1.57. The summed E-state index contributed by atoms with van der Waals surface area (Å²) in [6.07, 6.45) is 5.98. The van der Waals surface area contributed by atoms with E-state index in [1.165, 1.54) is 12.8 Å². The summed E-state index contributed by atoms with van der Waals surface area (Å²) in [6, 6.07) is 1.78. The lowest BCUT2D eigenvalue weighted by Crippen LogP contribution is -2.11. The third-order valence-corrected chi connectivity index (χ3v) is 3.95. The largest absolute Gasteiger partial charge is 0.460 e. The first-order chi connectivity index (χ1) is 7.22. The van der Waals surface area contributed by atoms with Crippen molar-refractivity contribution in [2.75, 3.05) is 0 Å². The molecule has 1 heterocycles. The molecule has 2 atom stereocenters. The number of furan rings is 1. The fraction of sp³-hybridized carbons (Fsp3) is 0.583. The highest BCUT2D eigenvalue weighted by Gasteiger charge is 2.31. The van der Waals surface area contributed by atoms with Crippen molar-refractivity contribution in [3.63, 3.8) is 0 Å². The van der Waals surface area contributed by atoms with Crippen LogP contribution in [-0.4, -0.2) is 5.78 Å². The Kier molecular flexibility index (Phi) is 3.29. The van der Waals surface area contributed by atoms with E-state index in [-0.39, 0.29) is 11.7 Å². The summed E-state index contributed by atoms with van der Waals surface area (Å²) < 4.78 is 6.00. The molecule has 1 saturated carbocycles. The standard InChI is InChI=1S/C12H15BrO2/c1-2-8-3-4-9(7-8)11(14)12-10(13)5-6-15-12/h5-6,8-9H,2-4,7H2,1H3. The van der Waals surface area contributed by atoms with Gasteiger partial charge in [0.15, 0.2) is 5.76 Å². The van der Waals surface area contributed by atoms with Crippen LogP contribution in [0.3, 0.4) is 0 Å². The van der Waals surface area contributed by atoms with Crippen molar-refractivity contribution in [1.29, 1.82) is 0 Å². The van der Waals surface area contributed by atoms with Gasteiger partial charge in [-0.3, -0.25) is 4.79 Å². The Morgan fingerprint density at radius 3 is 2.93 bits per heavy atom. The predicted molar refractivity (Wildman–Crippen MR) is 61.9 cm³/mol. The molecule has 2 unspecified atom stereocenters. The minimum atomic E-state index is 0.169. The van der Waals surface area contributed by atoms with E-state index in [1.54, 1.807) is 12.3 Å². The Hall–Kier alpha value is -0.570. The van der Waals surface area contributed by atoms with Crippen molar-refractivity contribution < 1.29 is 9.21 Å². The van der Waals surface area contributed by atoms with Gasteiger partial charge in [-0.25, -0.2) is 0 Å². The van der Waals surface area contributed by atoms with Crippen molar-refractivity contribution in [3.8, 4) is 0 Å². The van der Waals surface area contributed by atoms with E-state index in [9.17, 15) is 4.79 Å². The van der Waals surface area contributed by atoms with Gasteiger partial charge in [0, 0.05) is 5.92 Å². The molecule has 0 N–H and O–H groups in total. The van der Waals surface area contributed by atoms with Crippen LogP contribution < -0.4 is 0 Å². The average molecular weight is 271 g/mol. The van der Waals surface area contributed by atoms with Gasteiger partial charge in [-0.1, -0.05) is 13.3 Å². The van der Waals surface area contributed by atoms with Crippen molar-refractivity contribution in [2.45, 2.75) is 32.6 Å². The molecule has 1 aliphatic carbocycles. The number of hydrogen-bond acceptors (Lipinski definition) is 2. The molecule has 1 aliphatic rings. The summed E-state index contributed by atoms with van der Waals surface area (Å²) in [5.41, 5.74) is 0. The third kappa shape index (κ3) is 2.17. The molecule has 82 valence electrons. The molecule has 15 heavy (non-hydrogen) atoms. The number of hydrogen-bond donors (Lipinski definition) is 0. The smallest absolute Gasteiger partial charge is 0.202 e. The molecule has 1 aromatic rings. The predicted octanol–water partition coefficient (Wildman–Crippen LogP) is 4.05. The molecular weight excluding hydrogens is 256 g/mol. The fourth-order valence-electron chi connectivity index (χ4n) is 2.34. The number of carbonyl (C=O) groups is 1. The molecule has 0 aromatic carbocycles. The van der Waals surface area contributed by atoms with Crippen LogP contribution in [0.15, 0.2) is 21.2 Å². The van der Waals surface area contributed by atoms with E-state index < -0.39 is 0 Å². The summed E-state index contributed by atoms with van der Waals surface area (Å²) in [7, 11) is 0. The minimum Gasteiger partial charge on any atom is -0.460 e. The van der Waals surface area contributed by atoms with Crippen LogP contribution in [0, 0.1) is 11.8 Å². The molecule has 0 saturated heterocycles. The molecule has 1 fully saturated rings. The Morgan fingerprint density at radius 2 is 2.40 bits per heavy atom. The zero-order valence-electron chi connectivity index (χ0n) is 8.83. The summed E-state index contributed by atoms with van der Waals surface area (Å²) in [6.45, 7) is 2.19. The Balaban J connectivity index is 2.07. The summed E-state index contributed by atoms with van der Waals surface area (Å²) >= 11 is 3.33. The second-order valence-corrected chi connectivity index (χ2v) is 5.10. The maximum absolute atomic E-state index is 12.1. The number of Topliss-reactive ketones (excluding diaryl/α,β-unsaturated/α-hetero) is 1. The van der Waals surface area contributed by atoms with Crippen LogP contribution in [0.4, 0.5) is 0 Å². The molecule has 1 aromatic heterocycles. The van der Waals surface area contributed by atoms with E-state index in [4.69, 9.17) is 4.42 Å². The van der Waals surface area contributed by atoms with Crippen LogP contribution in [-0.2, 0) is 0 Å². The van der Waals surface area contributed by atoms with E-state index in [0.29, 0.717) is 5.76 Å². The highest BCUT2D eigenvalue weighted by atomic mass is 79.9. The van der Waals surface area contributed by atoms with Gasteiger partial charge >= 0.3 is 0 Å². The SMILES string of the molecule is CCC1CCC(C(=O)c2occc2Br)C1. The van der Waals surface area contributed by atoms with Crippen molar-refractivity contribution in [2.24, 2.45) is 11.8 Å². The Bertz CT molecular complexity index is 356. The first kappa shape index (κ1) is 10.9. The zero-order valence-corrected chi connectivity index (χ0v) is 10.4. The zero-order chi connectivity index (χ0) is 10.8. The Morgan fingerprint density at radius 1 is 1.60 bits per heavy atom. The second-order valence-electron chi connectivity index (χ2n) is 4.25. The molecule has 0 amide bonds. The van der Waals surface area contributed by atoms with Gasteiger partial charge in [0.1, 0.15) is 0 Å². The lowest BCUT2D eigenvalue weighted by Gasteiger charge is -2.07. The first-order valence-electron chi connectivity index (χ1n) is 5.49. The molecule has 0 bridgehead atoms. The van der Waals surface area contributed by atoms with Gasteiger partial charge < -0.3 is 4.42 Å². The highest BCUT2D eigenvalue weighted by molar-refractivity contribution is 9.10. The maximum Gasteiger partial charge on any atom is 0.202 e. The van der Waals surface area contributed by atoms with Gasteiger partial charge in [0.25, 0.3) is 0 Å². The van der Waals surface area contributed by atoms with E-state index >= 15 is 0 Å². The molecule has 2 rings (SSSR count). The average Bonchev–Trinajstić information content (AvgIpc) is 2.84. The second kappa shape index (κ2) is 4.52. The summed E-state index contributed by atoms with van der Waals surface area (Å²) in [4.78, 5) is 12.1. The number of ketones is 1. The third-order valence-electron chi connectivity index (χ3n) is 3.33. The maximum atomic E-state index is 12.1. The summed E-state index contributed by atoms with van der Waals surface area (Å²) in [5, 5.41) is 0. The molecular formula is C12H15BrO2. The van der Waals surface area contributed by atoms with E-state index in [1.807, 2.05) is 0 Å². The van der Waals surface area contributed by atoms with Gasteiger partial charge in [0.2, 0.25) is 5.78 Å². The molecule has 0 spiro atoms. The van der Waals surface area contributed by atoms with Crippen LogP contribution in [0.25, 0.3) is 0 Å². The van der Waals surface area contributed by atoms with Crippen LogP contribution >= 0.6 is 15.9 Å². The lowest BCUT2D eigenvalue weighted by atomic mass is 9.98. The van der Waals surface area contributed by atoms with Crippen molar-refractivity contribution in [3.05, 3.63) is 22.6 Å². The first-order valence-corrected chi connectivity index (χ1v) is 6.28. The van der Waals surface area contributed by atoms with Gasteiger partial charge in [0.05, 0.1) is 10.7 Å². The van der Waals surface area contributed by atoms with Crippen LogP contribution in [0.5, 0.6) is 0 Å². The van der Waals surface area contributed by atoms with Crippen LogP contribution in [0.1, 0.15) is 43.2 Å².